The van der Waals surface area contributed by atoms with Crippen LogP contribution in [0.15, 0.2) is 29.1 Å². The molecule has 2 aromatic rings. The van der Waals surface area contributed by atoms with Gasteiger partial charge in [-0.25, -0.2) is 4.79 Å². The highest BCUT2D eigenvalue weighted by molar-refractivity contribution is 5.78. The number of imidazole rings is 1. The van der Waals surface area contributed by atoms with E-state index < -0.39 is 0 Å². The first kappa shape index (κ1) is 19.2. The van der Waals surface area contributed by atoms with E-state index in [1.54, 1.807) is 0 Å². The second-order valence-electron chi connectivity index (χ2n) is 8.60. The van der Waals surface area contributed by atoms with Crippen molar-refractivity contribution < 1.29 is 4.79 Å². The number of para-hydroxylation sites is 2. The number of piperidine rings is 1. The van der Waals surface area contributed by atoms with Gasteiger partial charge in [0.15, 0.2) is 0 Å². The zero-order valence-corrected chi connectivity index (χ0v) is 16.9. The average molecular weight is 385 g/mol. The maximum absolute atomic E-state index is 12.6. The van der Waals surface area contributed by atoms with Crippen molar-refractivity contribution in [1.29, 1.82) is 0 Å². The minimum Gasteiger partial charge on any atom is -0.344 e. The van der Waals surface area contributed by atoms with Crippen molar-refractivity contribution >= 4 is 16.9 Å². The second-order valence-corrected chi connectivity index (χ2v) is 8.60. The van der Waals surface area contributed by atoms with Crippen molar-refractivity contribution in [3.05, 3.63) is 34.7 Å². The highest BCUT2D eigenvalue weighted by atomic mass is 16.2. The number of H-pyrrole nitrogens is 1. The largest absolute Gasteiger partial charge is 0.344 e. The van der Waals surface area contributed by atoms with Crippen LogP contribution >= 0.6 is 0 Å². The van der Waals surface area contributed by atoms with Crippen molar-refractivity contribution in [2.75, 3.05) is 33.2 Å². The Bertz CT molecular complexity index is 857. The van der Waals surface area contributed by atoms with Gasteiger partial charge in [0.05, 0.1) is 17.6 Å². The highest BCUT2D eigenvalue weighted by Gasteiger charge is 2.26. The van der Waals surface area contributed by atoms with E-state index in [-0.39, 0.29) is 17.6 Å². The molecule has 6 heteroatoms. The number of amides is 1. The maximum Gasteiger partial charge on any atom is 0.326 e. The van der Waals surface area contributed by atoms with Crippen LogP contribution in [0.5, 0.6) is 0 Å². The zero-order valence-electron chi connectivity index (χ0n) is 16.9. The minimum absolute atomic E-state index is 0.0251. The molecule has 1 aromatic carbocycles. The normalized spacial score (nSPS) is 19.9. The number of likely N-dealkylation sites (N-methyl/N-ethyl adjacent to an activating group) is 1. The third kappa shape index (κ3) is 4.17. The molecule has 2 fully saturated rings. The number of rotatable bonds is 5. The van der Waals surface area contributed by atoms with E-state index in [1.807, 2.05) is 40.8 Å². The fourth-order valence-electron chi connectivity index (χ4n) is 4.94. The number of benzene rings is 1. The van der Waals surface area contributed by atoms with E-state index in [2.05, 4.69) is 9.88 Å². The standard InChI is InChI=1S/C22H32N4O2/c1-24(15-17-7-3-2-4-8-17)21(27)16-25-13-11-18(12-14-25)26-20-10-6-5-9-19(20)23-22(26)28/h5-6,9-10,17-18H,2-4,7-8,11-16H2,1H3,(H,23,28). The van der Waals surface area contributed by atoms with Crippen LogP contribution in [0.2, 0.25) is 0 Å². The summed E-state index contributed by atoms with van der Waals surface area (Å²) in [5, 5.41) is 0. The molecular weight excluding hydrogens is 352 g/mol. The summed E-state index contributed by atoms with van der Waals surface area (Å²) in [5.74, 6) is 0.912. The number of likely N-dealkylation sites (tertiary alicyclic amines) is 1. The van der Waals surface area contributed by atoms with E-state index in [9.17, 15) is 9.59 Å². The molecule has 0 bridgehead atoms. The van der Waals surface area contributed by atoms with Crippen LogP contribution in [-0.2, 0) is 4.79 Å². The van der Waals surface area contributed by atoms with Gasteiger partial charge >= 0.3 is 5.69 Å². The van der Waals surface area contributed by atoms with E-state index in [0.29, 0.717) is 12.5 Å². The van der Waals surface area contributed by atoms with E-state index in [0.717, 1.165) is 43.5 Å². The van der Waals surface area contributed by atoms with E-state index in [4.69, 9.17) is 0 Å². The molecule has 152 valence electrons. The molecule has 1 saturated carbocycles. The quantitative estimate of drug-likeness (QED) is 0.862. The van der Waals surface area contributed by atoms with Crippen LogP contribution in [-0.4, -0.2) is 58.5 Å². The number of aromatic amines is 1. The van der Waals surface area contributed by atoms with Gasteiger partial charge in [0.25, 0.3) is 0 Å². The van der Waals surface area contributed by atoms with Crippen molar-refractivity contribution in [3.8, 4) is 0 Å². The molecule has 1 amide bonds. The predicted molar refractivity (Wildman–Crippen MR) is 111 cm³/mol. The summed E-state index contributed by atoms with van der Waals surface area (Å²) in [7, 11) is 1.95. The van der Waals surface area contributed by atoms with Gasteiger partial charge in [-0.15, -0.1) is 0 Å². The first-order chi connectivity index (χ1) is 13.6. The molecule has 0 radical (unpaired) electrons. The fraction of sp³-hybridized carbons (Fsp3) is 0.636. The van der Waals surface area contributed by atoms with E-state index in [1.165, 1.54) is 32.1 Å². The summed E-state index contributed by atoms with van der Waals surface area (Å²) in [6.45, 7) is 3.12. The average Bonchev–Trinajstić information content (AvgIpc) is 3.05. The molecule has 28 heavy (non-hydrogen) atoms. The van der Waals surface area contributed by atoms with Gasteiger partial charge in [-0.2, -0.15) is 0 Å². The smallest absolute Gasteiger partial charge is 0.326 e. The Balaban J connectivity index is 1.31. The Morgan fingerprint density at radius 3 is 2.57 bits per heavy atom. The summed E-state index contributed by atoms with van der Waals surface area (Å²) < 4.78 is 1.91. The monoisotopic (exact) mass is 384 g/mol. The molecule has 1 aromatic heterocycles. The van der Waals surface area contributed by atoms with Gasteiger partial charge in [-0.05, 0) is 43.7 Å². The van der Waals surface area contributed by atoms with Gasteiger partial charge in [0.2, 0.25) is 5.91 Å². The van der Waals surface area contributed by atoms with Gasteiger partial charge in [-0.3, -0.25) is 14.3 Å². The number of nitrogens with zero attached hydrogens (tertiary/aromatic N) is 3. The summed E-state index contributed by atoms with van der Waals surface area (Å²) in [6, 6.07) is 8.07. The molecule has 1 aliphatic carbocycles. The van der Waals surface area contributed by atoms with Crippen LogP contribution in [0.1, 0.15) is 51.0 Å². The number of fused-ring (bicyclic) bond motifs is 1. The summed E-state index contributed by atoms with van der Waals surface area (Å²) >= 11 is 0. The summed E-state index contributed by atoms with van der Waals surface area (Å²) in [4.78, 5) is 32.2. The number of carbonyl (C=O) groups excluding carboxylic acids is 1. The highest BCUT2D eigenvalue weighted by Crippen LogP contribution is 2.26. The predicted octanol–water partition coefficient (Wildman–Crippen LogP) is 3.01. The van der Waals surface area contributed by atoms with Crippen LogP contribution in [0.25, 0.3) is 11.0 Å². The second kappa shape index (κ2) is 8.52. The summed E-state index contributed by atoms with van der Waals surface area (Å²) in [6.07, 6.45) is 8.32. The Kier molecular flexibility index (Phi) is 5.85. The van der Waals surface area contributed by atoms with Crippen molar-refractivity contribution in [3.63, 3.8) is 0 Å². The minimum atomic E-state index is -0.0251. The molecule has 0 spiro atoms. The van der Waals surface area contributed by atoms with Crippen LogP contribution in [0.3, 0.4) is 0 Å². The van der Waals surface area contributed by atoms with Crippen molar-refractivity contribution in [1.82, 2.24) is 19.4 Å². The molecule has 1 N–H and O–H groups in total. The lowest BCUT2D eigenvalue weighted by atomic mass is 9.89. The molecular formula is C22H32N4O2. The Labute approximate surface area is 166 Å². The first-order valence-corrected chi connectivity index (χ1v) is 10.8. The first-order valence-electron chi connectivity index (χ1n) is 10.8. The Morgan fingerprint density at radius 2 is 1.82 bits per heavy atom. The Hall–Kier alpha value is -2.08. The van der Waals surface area contributed by atoms with Crippen molar-refractivity contribution in [2.45, 2.75) is 51.0 Å². The summed E-state index contributed by atoms with van der Waals surface area (Å²) in [5.41, 5.74) is 1.85. The van der Waals surface area contributed by atoms with Gasteiger partial charge < -0.3 is 9.88 Å². The van der Waals surface area contributed by atoms with Gasteiger partial charge in [0, 0.05) is 32.7 Å². The lowest BCUT2D eigenvalue weighted by molar-refractivity contribution is -0.132. The maximum atomic E-state index is 12.6. The number of nitrogens with one attached hydrogen (secondary N) is 1. The number of aromatic nitrogens is 2. The third-order valence-corrected chi connectivity index (χ3v) is 6.59. The fourth-order valence-corrected chi connectivity index (χ4v) is 4.94. The number of hydrogen-bond donors (Lipinski definition) is 1. The van der Waals surface area contributed by atoms with Crippen LogP contribution in [0.4, 0.5) is 0 Å². The SMILES string of the molecule is CN(CC1CCCCC1)C(=O)CN1CCC(n2c(=O)[nH]c3ccccc32)CC1. The van der Waals surface area contributed by atoms with Crippen molar-refractivity contribution in [2.24, 2.45) is 5.92 Å². The molecule has 4 rings (SSSR count). The lowest BCUT2D eigenvalue weighted by Crippen LogP contribution is -2.44. The molecule has 0 unspecified atom stereocenters. The van der Waals surface area contributed by atoms with Crippen LogP contribution in [0, 0.1) is 5.92 Å². The molecule has 6 nitrogen and oxygen atoms in total. The van der Waals surface area contributed by atoms with Gasteiger partial charge in [-0.1, -0.05) is 31.4 Å². The topological polar surface area (TPSA) is 61.3 Å². The van der Waals surface area contributed by atoms with Crippen LogP contribution < -0.4 is 5.69 Å². The zero-order chi connectivity index (χ0) is 19.5. The Morgan fingerprint density at radius 1 is 1.11 bits per heavy atom. The molecule has 2 aliphatic rings. The lowest BCUT2D eigenvalue weighted by Gasteiger charge is -2.33. The molecule has 2 heterocycles. The molecule has 1 saturated heterocycles. The third-order valence-electron chi connectivity index (χ3n) is 6.59. The number of carbonyl (C=O) groups is 1. The van der Waals surface area contributed by atoms with Gasteiger partial charge in [0.1, 0.15) is 0 Å². The molecule has 1 aliphatic heterocycles. The molecule has 0 atom stereocenters. The number of hydrogen-bond acceptors (Lipinski definition) is 3. The van der Waals surface area contributed by atoms with E-state index >= 15 is 0 Å².